The van der Waals surface area contributed by atoms with Crippen LogP contribution in [0.2, 0.25) is 0 Å². The fourth-order valence-corrected chi connectivity index (χ4v) is 2.99. The van der Waals surface area contributed by atoms with Crippen molar-refractivity contribution in [1.29, 1.82) is 0 Å². The highest BCUT2D eigenvalue weighted by Gasteiger charge is 2.25. The van der Waals surface area contributed by atoms with E-state index in [4.69, 9.17) is 4.74 Å². The highest BCUT2D eigenvalue weighted by molar-refractivity contribution is 5.95. The van der Waals surface area contributed by atoms with Crippen LogP contribution in [0.4, 0.5) is 0 Å². The predicted octanol–water partition coefficient (Wildman–Crippen LogP) is 1.39. The Balaban J connectivity index is 1.71. The number of nitrogens with one attached hydrogen (secondary N) is 1. The fourth-order valence-electron chi connectivity index (χ4n) is 2.99. The number of benzene rings is 1. The molecule has 1 atom stereocenters. The third-order valence-electron chi connectivity index (χ3n) is 4.35. The molecule has 1 aromatic carbocycles. The monoisotopic (exact) mass is 355 g/mol. The van der Waals surface area contributed by atoms with E-state index in [0.717, 1.165) is 12.1 Å². The van der Waals surface area contributed by atoms with Crippen LogP contribution in [0.15, 0.2) is 42.6 Å². The van der Waals surface area contributed by atoms with E-state index < -0.39 is 12.1 Å². The first-order chi connectivity index (χ1) is 12.6. The van der Waals surface area contributed by atoms with Crippen molar-refractivity contribution in [3.8, 4) is 11.3 Å². The molecule has 136 valence electrons. The van der Waals surface area contributed by atoms with Gasteiger partial charge in [0.2, 0.25) is 5.91 Å². The Hall–Kier alpha value is -2.77. The Morgan fingerprint density at radius 2 is 2.12 bits per heavy atom. The van der Waals surface area contributed by atoms with Gasteiger partial charge in [-0.15, -0.1) is 0 Å². The van der Waals surface area contributed by atoms with Crippen molar-refractivity contribution in [2.75, 3.05) is 26.7 Å². The molecule has 0 bridgehead atoms. The van der Waals surface area contributed by atoms with Crippen LogP contribution in [-0.2, 0) is 16.1 Å². The first-order valence-corrected chi connectivity index (χ1v) is 8.41. The van der Waals surface area contributed by atoms with Gasteiger partial charge < -0.3 is 15.2 Å². The molecule has 1 fully saturated rings. The molecule has 0 saturated carbocycles. The Labute approximate surface area is 151 Å². The smallest absolute Gasteiger partial charge is 0.336 e. The SMILES string of the molecule is CNC(=O)C1CN(Cc2ccc(-c3ccccc3C(=O)O)nc2)CCO1. The topological polar surface area (TPSA) is 91.8 Å². The van der Waals surface area contributed by atoms with Crippen LogP contribution in [0, 0.1) is 0 Å². The van der Waals surface area contributed by atoms with E-state index in [2.05, 4.69) is 15.2 Å². The molecule has 1 aromatic heterocycles. The average molecular weight is 355 g/mol. The summed E-state index contributed by atoms with van der Waals surface area (Å²) in [6, 6.07) is 10.6. The van der Waals surface area contributed by atoms with Gasteiger partial charge in [-0.25, -0.2) is 4.79 Å². The summed E-state index contributed by atoms with van der Waals surface area (Å²) in [4.78, 5) is 29.7. The number of carboxylic acids is 1. The summed E-state index contributed by atoms with van der Waals surface area (Å²) in [5.41, 5.74) is 2.45. The van der Waals surface area contributed by atoms with Gasteiger partial charge in [0.05, 0.1) is 17.9 Å². The van der Waals surface area contributed by atoms with Crippen LogP contribution in [0.3, 0.4) is 0 Å². The minimum atomic E-state index is -0.972. The number of pyridine rings is 1. The first kappa shape index (κ1) is 18.0. The molecule has 0 radical (unpaired) electrons. The van der Waals surface area contributed by atoms with Crippen LogP contribution < -0.4 is 5.32 Å². The van der Waals surface area contributed by atoms with Gasteiger partial charge in [0.1, 0.15) is 6.10 Å². The molecule has 26 heavy (non-hydrogen) atoms. The van der Waals surface area contributed by atoms with Crippen LogP contribution in [0.25, 0.3) is 11.3 Å². The van der Waals surface area contributed by atoms with Crippen molar-refractivity contribution in [3.63, 3.8) is 0 Å². The summed E-state index contributed by atoms with van der Waals surface area (Å²) in [6.07, 6.45) is 1.29. The van der Waals surface area contributed by atoms with Gasteiger partial charge in [0.25, 0.3) is 0 Å². The van der Waals surface area contributed by atoms with E-state index in [1.165, 1.54) is 0 Å². The zero-order valence-corrected chi connectivity index (χ0v) is 14.5. The van der Waals surface area contributed by atoms with Crippen molar-refractivity contribution in [1.82, 2.24) is 15.2 Å². The predicted molar refractivity (Wildman–Crippen MR) is 95.7 cm³/mol. The fraction of sp³-hybridized carbons (Fsp3) is 0.316. The average Bonchev–Trinajstić information content (AvgIpc) is 2.68. The second kappa shape index (κ2) is 8.07. The maximum atomic E-state index is 11.7. The third-order valence-corrected chi connectivity index (χ3v) is 4.35. The van der Waals surface area contributed by atoms with Crippen molar-refractivity contribution in [2.45, 2.75) is 12.6 Å². The van der Waals surface area contributed by atoms with Crippen LogP contribution in [-0.4, -0.2) is 59.7 Å². The van der Waals surface area contributed by atoms with Gasteiger partial charge >= 0.3 is 5.97 Å². The molecule has 0 spiro atoms. The zero-order valence-electron chi connectivity index (χ0n) is 14.5. The van der Waals surface area contributed by atoms with Crippen molar-refractivity contribution < 1.29 is 19.4 Å². The lowest BCUT2D eigenvalue weighted by Gasteiger charge is -2.31. The number of rotatable bonds is 5. The molecule has 1 unspecified atom stereocenters. The second-order valence-electron chi connectivity index (χ2n) is 6.11. The lowest BCUT2D eigenvalue weighted by atomic mass is 10.0. The number of aromatic nitrogens is 1. The largest absolute Gasteiger partial charge is 0.478 e. The van der Waals surface area contributed by atoms with E-state index in [-0.39, 0.29) is 11.5 Å². The van der Waals surface area contributed by atoms with Crippen LogP contribution in [0.1, 0.15) is 15.9 Å². The molecule has 2 N–H and O–H groups in total. The number of morpholine rings is 1. The molecule has 1 amide bonds. The number of amides is 1. The second-order valence-corrected chi connectivity index (χ2v) is 6.11. The van der Waals surface area contributed by atoms with Crippen molar-refractivity contribution in [3.05, 3.63) is 53.7 Å². The van der Waals surface area contributed by atoms with Gasteiger partial charge in [-0.05, 0) is 17.7 Å². The van der Waals surface area contributed by atoms with Gasteiger partial charge in [-0.3, -0.25) is 14.7 Å². The quantitative estimate of drug-likeness (QED) is 0.842. The molecular weight excluding hydrogens is 334 g/mol. The molecule has 1 aliphatic heterocycles. The van der Waals surface area contributed by atoms with E-state index in [0.29, 0.717) is 31.0 Å². The van der Waals surface area contributed by atoms with Crippen molar-refractivity contribution >= 4 is 11.9 Å². The molecule has 3 rings (SSSR count). The van der Waals surface area contributed by atoms with E-state index in [9.17, 15) is 14.7 Å². The summed E-state index contributed by atoms with van der Waals surface area (Å²) in [5, 5.41) is 11.9. The van der Waals surface area contributed by atoms with Gasteiger partial charge in [-0.1, -0.05) is 24.3 Å². The minimum Gasteiger partial charge on any atom is -0.478 e. The van der Waals surface area contributed by atoms with E-state index in [1.807, 2.05) is 12.1 Å². The molecule has 7 heteroatoms. The molecule has 1 saturated heterocycles. The standard InChI is InChI=1S/C19H21N3O4/c1-20-18(23)17-12-22(8-9-26-17)11-13-6-7-16(21-10-13)14-4-2-3-5-15(14)19(24)25/h2-7,10,17H,8-9,11-12H2,1H3,(H,20,23)(H,24,25). The summed E-state index contributed by atoms with van der Waals surface area (Å²) < 4.78 is 5.49. The number of carbonyl (C=O) groups excluding carboxylic acids is 1. The molecule has 2 aromatic rings. The highest BCUT2D eigenvalue weighted by atomic mass is 16.5. The van der Waals surface area contributed by atoms with Crippen molar-refractivity contribution in [2.24, 2.45) is 0 Å². The number of nitrogens with zero attached hydrogens (tertiary/aromatic N) is 2. The highest BCUT2D eigenvalue weighted by Crippen LogP contribution is 2.22. The number of ether oxygens (including phenoxy) is 1. The Morgan fingerprint density at radius 1 is 1.31 bits per heavy atom. The number of hydrogen-bond acceptors (Lipinski definition) is 5. The number of carbonyl (C=O) groups is 2. The van der Waals surface area contributed by atoms with Gasteiger partial charge in [0.15, 0.2) is 0 Å². The maximum Gasteiger partial charge on any atom is 0.336 e. The summed E-state index contributed by atoms with van der Waals surface area (Å²) in [6.45, 7) is 2.45. The zero-order chi connectivity index (χ0) is 18.5. The number of hydrogen-bond donors (Lipinski definition) is 2. The minimum absolute atomic E-state index is 0.117. The Morgan fingerprint density at radius 3 is 2.81 bits per heavy atom. The van der Waals surface area contributed by atoms with Gasteiger partial charge in [0, 0.05) is 38.4 Å². The van der Waals surface area contributed by atoms with E-state index >= 15 is 0 Å². The Kier molecular flexibility index (Phi) is 5.60. The molecule has 0 aliphatic carbocycles. The molecule has 2 heterocycles. The van der Waals surface area contributed by atoms with E-state index in [1.54, 1.807) is 37.5 Å². The summed E-state index contributed by atoms with van der Waals surface area (Å²) in [7, 11) is 1.60. The number of carboxylic acid groups (broad SMARTS) is 1. The Bertz CT molecular complexity index is 792. The normalized spacial score (nSPS) is 17.7. The molecule has 1 aliphatic rings. The molecule has 7 nitrogen and oxygen atoms in total. The van der Waals surface area contributed by atoms with Crippen LogP contribution >= 0.6 is 0 Å². The number of aromatic carboxylic acids is 1. The third kappa shape index (κ3) is 4.07. The van der Waals surface area contributed by atoms with Gasteiger partial charge in [-0.2, -0.15) is 0 Å². The first-order valence-electron chi connectivity index (χ1n) is 8.41. The maximum absolute atomic E-state index is 11.7. The summed E-state index contributed by atoms with van der Waals surface area (Å²) >= 11 is 0. The number of likely N-dealkylation sites (N-methyl/N-ethyl adjacent to an activating group) is 1. The lowest BCUT2D eigenvalue weighted by Crippen LogP contribution is -2.48. The summed E-state index contributed by atoms with van der Waals surface area (Å²) in [5.74, 6) is -1.09. The molecular formula is C19H21N3O4. The lowest BCUT2D eigenvalue weighted by molar-refractivity contribution is -0.138. The van der Waals surface area contributed by atoms with Crippen LogP contribution in [0.5, 0.6) is 0 Å².